The van der Waals surface area contributed by atoms with Crippen molar-refractivity contribution in [2.45, 2.75) is 25.5 Å². The third-order valence-corrected chi connectivity index (χ3v) is 5.68. The van der Waals surface area contributed by atoms with Crippen LogP contribution in [0.4, 0.5) is 4.79 Å². The highest BCUT2D eigenvalue weighted by Gasteiger charge is 2.18. The summed E-state index contributed by atoms with van der Waals surface area (Å²) in [6.07, 6.45) is 3.77. The molecule has 1 amide bonds. The molecule has 1 N–H and O–H groups in total. The highest BCUT2D eigenvalue weighted by atomic mass is 32.1. The third kappa shape index (κ3) is 4.25. The van der Waals surface area contributed by atoms with Crippen molar-refractivity contribution in [1.82, 2.24) is 14.3 Å². The molecule has 2 aromatic heterocycles. The minimum atomic E-state index is -0.490. The van der Waals surface area contributed by atoms with E-state index in [9.17, 15) is 9.59 Å². The van der Waals surface area contributed by atoms with Crippen molar-refractivity contribution < 1.29 is 19.0 Å². The van der Waals surface area contributed by atoms with Crippen LogP contribution >= 0.6 is 11.5 Å². The number of pyridine rings is 1. The molecule has 0 saturated carbocycles. The summed E-state index contributed by atoms with van der Waals surface area (Å²) in [5.74, 6) is 1.21. The molecule has 9 heteroatoms. The lowest BCUT2D eigenvalue weighted by Crippen LogP contribution is -2.32. The largest absolute Gasteiger partial charge is 0.493 e. The van der Waals surface area contributed by atoms with Gasteiger partial charge in [0, 0.05) is 19.3 Å². The van der Waals surface area contributed by atoms with Crippen molar-refractivity contribution in [3.63, 3.8) is 0 Å². The van der Waals surface area contributed by atoms with Crippen LogP contribution in [0.1, 0.15) is 18.4 Å². The SMILES string of the molecule is COc1cc(CNC(=O)n2sc3ncccc3c2=O)ccc1OCC1CCCO1. The number of amides is 1. The van der Waals surface area contributed by atoms with Crippen LogP contribution in [0.15, 0.2) is 41.3 Å². The van der Waals surface area contributed by atoms with Gasteiger partial charge in [0.2, 0.25) is 0 Å². The Bertz CT molecular complexity index is 1070. The van der Waals surface area contributed by atoms with E-state index in [2.05, 4.69) is 10.3 Å². The standard InChI is InChI=1S/C20H21N3O5S/c1-26-17-10-13(6-7-16(17)28-12-14-4-3-9-27-14)11-22-20(25)23-19(24)15-5-2-8-21-18(15)29-23/h2,5-8,10,14H,3-4,9,11-12H2,1H3,(H,22,25). The van der Waals surface area contributed by atoms with Crippen molar-refractivity contribution in [3.8, 4) is 11.5 Å². The molecule has 8 nitrogen and oxygen atoms in total. The Labute approximate surface area is 171 Å². The van der Waals surface area contributed by atoms with Gasteiger partial charge >= 0.3 is 6.03 Å². The summed E-state index contributed by atoms with van der Waals surface area (Å²) >= 11 is 1.02. The van der Waals surface area contributed by atoms with E-state index in [1.807, 2.05) is 12.1 Å². The summed E-state index contributed by atoms with van der Waals surface area (Å²) < 4.78 is 17.9. The molecule has 0 bridgehead atoms. The van der Waals surface area contributed by atoms with Gasteiger partial charge in [0.1, 0.15) is 11.4 Å². The summed E-state index contributed by atoms with van der Waals surface area (Å²) in [4.78, 5) is 29.4. The van der Waals surface area contributed by atoms with Gasteiger partial charge in [-0.05, 0) is 54.2 Å². The number of nitrogens with one attached hydrogen (secondary N) is 1. The molecular weight excluding hydrogens is 394 g/mol. The van der Waals surface area contributed by atoms with Crippen molar-refractivity contribution in [2.24, 2.45) is 0 Å². The molecule has 3 heterocycles. The number of rotatable bonds is 6. The number of hydrogen-bond acceptors (Lipinski definition) is 7. The monoisotopic (exact) mass is 415 g/mol. The van der Waals surface area contributed by atoms with Crippen LogP contribution < -0.4 is 20.3 Å². The Morgan fingerprint density at radius 3 is 3.03 bits per heavy atom. The van der Waals surface area contributed by atoms with Crippen LogP contribution in [0.2, 0.25) is 0 Å². The van der Waals surface area contributed by atoms with E-state index < -0.39 is 6.03 Å². The highest BCUT2D eigenvalue weighted by Crippen LogP contribution is 2.29. The zero-order valence-corrected chi connectivity index (χ0v) is 16.7. The average Bonchev–Trinajstić information content (AvgIpc) is 3.39. The Hall–Kier alpha value is -2.91. The number of carbonyl (C=O) groups is 1. The Morgan fingerprint density at radius 1 is 1.38 bits per heavy atom. The van der Waals surface area contributed by atoms with Crippen molar-refractivity contribution in [2.75, 3.05) is 20.3 Å². The zero-order chi connectivity index (χ0) is 20.2. The molecule has 0 aliphatic carbocycles. The van der Waals surface area contributed by atoms with Gasteiger partial charge in [0.15, 0.2) is 11.5 Å². The van der Waals surface area contributed by atoms with Gasteiger partial charge in [0.25, 0.3) is 5.56 Å². The van der Waals surface area contributed by atoms with Crippen LogP contribution in [0.5, 0.6) is 11.5 Å². The lowest BCUT2D eigenvalue weighted by molar-refractivity contribution is 0.0669. The Balaban J connectivity index is 1.41. The fraction of sp³-hybridized carbons (Fsp3) is 0.350. The molecule has 1 aliphatic heterocycles. The average molecular weight is 415 g/mol. The maximum absolute atomic E-state index is 12.4. The molecule has 1 aliphatic rings. The number of ether oxygens (including phenoxy) is 3. The van der Waals surface area contributed by atoms with Gasteiger partial charge in [-0.1, -0.05) is 6.07 Å². The minimum absolute atomic E-state index is 0.118. The molecule has 1 fully saturated rings. The van der Waals surface area contributed by atoms with Crippen LogP contribution in [0, 0.1) is 0 Å². The molecule has 1 saturated heterocycles. The van der Waals surface area contributed by atoms with Crippen molar-refractivity contribution in [3.05, 3.63) is 52.4 Å². The second kappa shape index (κ2) is 8.62. The second-order valence-electron chi connectivity index (χ2n) is 6.64. The number of benzene rings is 1. The Morgan fingerprint density at radius 2 is 2.28 bits per heavy atom. The van der Waals surface area contributed by atoms with Gasteiger partial charge < -0.3 is 19.5 Å². The van der Waals surface area contributed by atoms with Crippen LogP contribution in [-0.2, 0) is 11.3 Å². The van der Waals surface area contributed by atoms with E-state index >= 15 is 0 Å². The summed E-state index contributed by atoms with van der Waals surface area (Å²) in [5, 5.41) is 3.19. The molecule has 29 heavy (non-hydrogen) atoms. The molecule has 0 spiro atoms. The normalized spacial score (nSPS) is 16.1. The minimum Gasteiger partial charge on any atom is -0.493 e. The predicted octanol–water partition coefficient (Wildman–Crippen LogP) is 2.78. The molecule has 1 aromatic carbocycles. The number of hydrogen-bond donors (Lipinski definition) is 1. The molecule has 0 radical (unpaired) electrons. The van der Waals surface area contributed by atoms with Gasteiger partial charge in [-0.3, -0.25) is 4.79 Å². The first-order valence-electron chi connectivity index (χ1n) is 9.32. The molecule has 152 valence electrons. The van der Waals surface area contributed by atoms with Crippen LogP contribution in [-0.4, -0.2) is 41.4 Å². The fourth-order valence-electron chi connectivity index (χ4n) is 3.15. The quantitative estimate of drug-likeness (QED) is 0.666. The second-order valence-corrected chi connectivity index (χ2v) is 7.57. The maximum Gasteiger partial charge on any atom is 0.338 e. The zero-order valence-electron chi connectivity index (χ0n) is 15.9. The number of carbonyl (C=O) groups excluding carboxylic acids is 1. The van der Waals surface area contributed by atoms with Crippen LogP contribution in [0.25, 0.3) is 10.2 Å². The topological polar surface area (TPSA) is 91.7 Å². The van der Waals surface area contributed by atoms with Crippen LogP contribution in [0.3, 0.4) is 0 Å². The highest BCUT2D eigenvalue weighted by molar-refractivity contribution is 7.14. The van der Waals surface area contributed by atoms with E-state index in [0.717, 1.165) is 40.5 Å². The van der Waals surface area contributed by atoms with Gasteiger partial charge in [-0.25, -0.2) is 9.78 Å². The number of nitrogens with zero attached hydrogens (tertiary/aromatic N) is 2. The predicted molar refractivity (Wildman–Crippen MR) is 109 cm³/mol. The lowest BCUT2D eigenvalue weighted by Gasteiger charge is -2.15. The summed E-state index contributed by atoms with van der Waals surface area (Å²) in [7, 11) is 1.57. The van der Waals surface area contributed by atoms with Crippen molar-refractivity contribution in [1.29, 1.82) is 0 Å². The Kier molecular flexibility index (Phi) is 5.77. The lowest BCUT2D eigenvalue weighted by atomic mass is 10.2. The molecule has 1 unspecified atom stereocenters. The maximum atomic E-state index is 12.4. The molecular formula is C20H21N3O5S. The van der Waals surface area contributed by atoms with E-state index in [0.29, 0.717) is 28.3 Å². The van der Waals surface area contributed by atoms with Gasteiger partial charge in [-0.2, -0.15) is 3.96 Å². The van der Waals surface area contributed by atoms with Crippen molar-refractivity contribution >= 4 is 27.8 Å². The van der Waals surface area contributed by atoms with Gasteiger partial charge in [-0.15, -0.1) is 0 Å². The number of fused-ring (bicyclic) bond motifs is 1. The number of aromatic nitrogens is 2. The number of methoxy groups -OCH3 is 1. The van der Waals surface area contributed by atoms with E-state index in [4.69, 9.17) is 14.2 Å². The van der Waals surface area contributed by atoms with E-state index in [1.54, 1.807) is 31.5 Å². The fourth-order valence-corrected chi connectivity index (χ4v) is 4.01. The first-order chi connectivity index (χ1) is 14.2. The first kappa shape index (κ1) is 19.4. The van der Waals surface area contributed by atoms with E-state index in [-0.39, 0.29) is 18.2 Å². The smallest absolute Gasteiger partial charge is 0.338 e. The summed E-state index contributed by atoms with van der Waals surface area (Å²) in [6.45, 7) is 1.51. The molecule has 3 aromatic rings. The van der Waals surface area contributed by atoms with E-state index in [1.165, 1.54) is 0 Å². The summed E-state index contributed by atoms with van der Waals surface area (Å²) in [6, 6.07) is 8.31. The molecule has 4 rings (SSSR count). The first-order valence-corrected chi connectivity index (χ1v) is 10.1. The van der Waals surface area contributed by atoms with Gasteiger partial charge in [0.05, 0.1) is 18.6 Å². The third-order valence-electron chi connectivity index (χ3n) is 4.67. The summed E-state index contributed by atoms with van der Waals surface area (Å²) in [5.41, 5.74) is 0.456. The molecule has 1 atom stereocenters.